The lowest BCUT2D eigenvalue weighted by molar-refractivity contribution is 0.0420. The molecule has 2 N–H and O–H groups in total. The van der Waals surface area contributed by atoms with E-state index in [0.29, 0.717) is 39.4 Å². The first kappa shape index (κ1) is 23.6. The van der Waals surface area contributed by atoms with Gasteiger partial charge in [0.05, 0.1) is 11.4 Å². The van der Waals surface area contributed by atoms with Crippen LogP contribution in [-0.4, -0.2) is 41.4 Å². The number of hydrogen-bond acceptors (Lipinski definition) is 8. The van der Waals surface area contributed by atoms with Gasteiger partial charge in [0, 0.05) is 26.1 Å². The maximum Gasteiger partial charge on any atom is 0.423 e. The van der Waals surface area contributed by atoms with E-state index in [1.165, 1.54) is 7.05 Å². The van der Waals surface area contributed by atoms with Gasteiger partial charge >= 0.3 is 6.09 Å². The first-order chi connectivity index (χ1) is 13.9. The molecule has 164 valence electrons. The largest absolute Gasteiger partial charge is 0.443 e. The number of sulfonamides is 1. The zero-order valence-corrected chi connectivity index (χ0v) is 18.7. The van der Waals surface area contributed by atoms with E-state index in [1.807, 2.05) is 6.92 Å². The van der Waals surface area contributed by atoms with Gasteiger partial charge in [-0.25, -0.2) is 22.5 Å². The van der Waals surface area contributed by atoms with E-state index in [2.05, 4.69) is 9.97 Å². The standard InChI is InChI=1S/C20H28N4O5S/c1-6-17-22-15(12-21)11-18(23-17)28-16-9-7-14(8-10-16)13-30(26,27)24(5)19(25)29-20(2,3)4/h7-11H,6,12-13,21H2,1-5H3. The number of amides is 1. The maximum atomic E-state index is 12.5. The summed E-state index contributed by atoms with van der Waals surface area (Å²) in [4.78, 5) is 20.6. The third-order valence-electron chi connectivity index (χ3n) is 3.89. The number of aromatic nitrogens is 2. The molecule has 0 aliphatic rings. The number of nitrogens with two attached hydrogens (primary N) is 1. The summed E-state index contributed by atoms with van der Waals surface area (Å²) in [7, 11) is -2.71. The molecule has 0 fully saturated rings. The first-order valence-corrected chi connectivity index (χ1v) is 11.1. The second-order valence-corrected chi connectivity index (χ2v) is 9.62. The number of aryl methyl sites for hydroxylation is 1. The first-order valence-electron chi connectivity index (χ1n) is 9.47. The molecule has 1 aromatic heterocycles. The molecule has 0 spiro atoms. The third kappa shape index (κ3) is 6.67. The minimum Gasteiger partial charge on any atom is -0.443 e. The summed E-state index contributed by atoms with van der Waals surface area (Å²) in [6, 6.07) is 8.15. The zero-order chi connectivity index (χ0) is 22.5. The Morgan fingerprint density at radius 3 is 2.33 bits per heavy atom. The lowest BCUT2D eigenvalue weighted by Gasteiger charge is -2.24. The molecule has 0 saturated heterocycles. The Labute approximate surface area is 177 Å². The van der Waals surface area contributed by atoms with Crippen LogP contribution in [-0.2, 0) is 33.5 Å². The van der Waals surface area contributed by atoms with Crippen molar-refractivity contribution in [1.82, 2.24) is 14.3 Å². The Balaban J connectivity index is 2.10. The second kappa shape index (κ2) is 9.40. The minimum absolute atomic E-state index is 0.272. The molecular weight excluding hydrogens is 408 g/mol. The lowest BCUT2D eigenvalue weighted by atomic mass is 10.2. The van der Waals surface area contributed by atoms with Gasteiger partial charge in [0.2, 0.25) is 15.9 Å². The van der Waals surface area contributed by atoms with Gasteiger partial charge < -0.3 is 15.2 Å². The molecule has 0 atom stereocenters. The van der Waals surface area contributed by atoms with Gasteiger partial charge in [-0.15, -0.1) is 0 Å². The van der Waals surface area contributed by atoms with Crippen LogP contribution in [0.4, 0.5) is 4.79 Å². The van der Waals surface area contributed by atoms with Crippen LogP contribution in [0.2, 0.25) is 0 Å². The predicted molar refractivity (Wildman–Crippen MR) is 112 cm³/mol. The Kier molecular flexibility index (Phi) is 7.38. The highest BCUT2D eigenvalue weighted by molar-refractivity contribution is 7.88. The SMILES string of the molecule is CCc1nc(CN)cc(Oc2ccc(CS(=O)(=O)N(C)C(=O)OC(C)(C)C)cc2)n1. The highest BCUT2D eigenvalue weighted by Crippen LogP contribution is 2.22. The van der Waals surface area contributed by atoms with Gasteiger partial charge in [0.25, 0.3) is 0 Å². The number of hydrogen-bond donors (Lipinski definition) is 1. The van der Waals surface area contributed by atoms with Crippen LogP contribution in [0.5, 0.6) is 11.6 Å². The molecule has 0 bridgehead atoms. The summed E-state index contributed by atoms with van der Waals surface area (Å²) >= 11 is 0. The summed E-state index contributed by atoms with van der Waals surface area (Å²) < 4.78 is 36.5. The summed E-state index contributed by atoms with van der Waals surface area (Å²) in [5.74, 6) is 1.13. The Morgan fingerprint density at radius 1 is 1.17 bits per heavy atom. The molecule has 2 rings (SSSR count). The van der Waals surface area contributed by atoms with Crippen LogP contribution >= 0.6 is 0 Å². The average molecular weight is 437 g/mol. The molecule has 0 unspecified atom stereocenters. The fourth-order valence-corrected chi connectivity index (χ4v) is 3.43. The van der Waals surface area contributed by atoms with Gasteiger partial charge in [0.1, 0.15) is 17.2 Å². The smallest absolute Gasteiger partial charge is 0.423 e. The van der Waals surface area contributed by atoms with Crippen molar-refractivity contribution >= 4 is 16.1 Å². The van der Waals surface area contributed by atoms with Crippen LogP contribution in [0.15, 0.2) is 30.3 Å². The van der Waals surface area contributed by atoms with Crippen molar-refractivity contribution in [3.63, 3.8) is 0 Å². The van der Waals surface area contributed by atoms with Crippen molar-refractivity contribution < 1.29 is 22.7 Å². The molecule has 10 heteroatoms. The number of nitrogens with zero attached hydrogens (tertiary/aromatic N) is 3. The van der Waals surface area contributed by atoms with Crippen LogP contribution < -0.4 is 10.5 Å². The fourth-order valence-electron chi connectivity index (χ4n) is 2.36. The van der Waals surface area contributed by atoms with Gasteiger partial charge in [0.15, 0.2) is 0 Å². The molecule has 0 aliphatic heterocycles. The van der Waals surface area contributed by atoms with Crippen molar-refractivity contribution in [1.29, 1.82) is 0 Å². The van der Waals surface area contributed by atoms with E-state index in [-0.39, 0.29) is 12.3 Å². The summed E-state index contributed by atoms with van der Waals surface area (Å²) in [5.41, 5.74) is 6.03. The van der Waals surface area contributed by atoms with Gasteiger partial charge in [-0.1, -0.05) is 19.1 Å². The highest BCUT2D eigenvalue weighted by atomic mass is 32.2. The molecule has 1 aromatic carbocycles. The van der Waals surface area contributed by atoms with Crippen molar-refractivity contribution in [3.8, 4) is 11.6 Å². The Bertz CT molecular complexity index is 963. The van der Waals surface area contributed by atoms with Crippen molar-refractivity contribution in [3.05, 3.63) is 47.4 Å². The average Bonchev–Trinajstić information content (AvgIpc) is 2.67. The topological polar surface area (TPSA) is 125 Å². The number of carbonyl (C=O) groups excluding carboxylic acids is 1. The number of carbonyl (C=O) groups is 1. The summed E-state index contributed by atoms with van der Waals surface area (Å²) in [6.07, 6.45) is -0.278. The number of rotatable bonds is 7. The fraction of sp³-hybridized carbons (Fsp3) is 0.450. The summed E-state index contributed by atoms with van der Waals surface area (Å²) in [5, 5.41) is 0. The van der Waals surface area contributed by atoms with Crippen LogP contribution in [0, 0.1) is 0 Å². The number of ether oxygens (including phenoxy) is 2. The van der Waals surface area contributed by atoms with E-state index < -0.39 is 21.7 Å². The molecule has 2 aromatic rings. The molecular formula is C20H28N4O5S. The lowest BCUT2D eigenvalue weighted by Crippen LogP contribution is -2.38. The number of benzene rings is 1. The Hall–Kier alpha value is -2.72. The van der Waals surface area contributed by atoms with Crippen LogP contribution in [0.25, 0.3) is 0 Å². The second-order valence-electron chi connectivity index (χ2n) is 7.62. The van der Waals surface area contributed by atoms with E-state index in [0.717, 1.165) is 0 Å². The molecule has 9 nitrogen and oxygen atoms in total. The maximum absolute atomic E-state index is 12.5. The van der Waals surface area contributed by atoms with E-state index in [4.69, 9.17) is 15.2 Å². The molecule has 0 radical (unpaired) electrons. The molecule has 1 amide bonds. The van der Waals surface area contributed by atoms with Crippen molar-refractivity contribution in [2.24, 2.45) is 5.73 Å². The zero-order valence-electron chi connectivity index (χ0n) is 17.9. The van der Waals surface area contributed by atoms with E-state index in [9.17, 15) is 13.2 Å². The third-order valence-corrected chi connectivity index (χ3v) is 5.57. The van der Waals surface area contributed by atoms with Gasteiger partial charge in [-0.2, -0.15) is 4.98 Å². The quantitative estimate of drug-likeness (QED) is 0.702. The van der Waals surface area contributed by atoms with Gasteiger partial charge in [-0.3, -0.25) is 0 Å². The highest BCUT2D eigenvalue weighted by Gasteiger charge is 2.28. The Morgan fingerprint density at radius 2 is 1.80 bits per heavy atom. The van der Waals surface area contributed by atoms with E-state index in [1.54, 1.807) is 51.1 Å². The molecule has 0 saturated carbocycles. The van der Waals surface area contributed by atoms with Crippen LogP contribution in [0.3, 0.4) is 0 Å². The van der Waals surface area contributed by atoms with E-state index >= 15 is 0 Å². The molecule has 0 aliphatic carbocycles. The predicted octanol–water partition coefficient (Wildman–Crippen LogP) is 2.99. The molecule has 1 heterocycles. The van der Waals surface area contributed by atoms with Gasteiger partial charge in [-0.05, 0) is 38.5 Å². The van der Waals surface area contributed by atoms with Crippen LogP contribution in [0.1, 0.15) is 44.8 Å². The summed E-state index contributed by atoms with van der Waals surface area (Å²) in [6.45, 7) is 7.21. The van der Waals surface area contributed by atoms with Crippen molar-refractivity contribution in [2.75, 3.05) is 7.05 Å². The van der Waals surface area contributed by atoms with Crippen molar-refractivity contribution in [2.45, 2.75) is 52.0 Å². The molecule has 30 heavy (non-hydrogen) atoms. The monoisotopic (exact) mass is 436 g/mol. The minimum atomic E-state index is -3.89. The normalized spacial score (nSPS) is 11.8.